The Morgan fingerprint density at radius 1 is 0.542 bits per heavy atom. The van der Waals surface area contributed by atoms with Gasteiger partial charge in [0.05, 0.1) is 35.6 Å². The fourth-order valence-electron chi connectivity index (χ4n) is 6.90. The number of ketones is 2. The number of hydrogen-bond donors (Lipinski definition) is 0. The Kier molecular flexibility index (Phi) is 12.4. The van der Waals surface area contributed by atoms with E-state index in [4.69, 9.17) is 0 Å². The number of anilines is 2. The molecule has 5 rings (SSSR count). The third-order valence-corrected chi connectivity index (χ3v) is 9.68. The minimum Gasteiger partial charge on any atom is -0.372 e. The molecule has 2 heterocycles. The number of Topliss-reactive ketones (excluding diaryl/α,β-unsaturated/α-hetero) is 2. The maximum Gasteiger partial charge on any atom is 0.143 e. The lowest BCUT2D eigenvalue weighted by Gasteiger charge is -2.28. The first-order valence-corrected chi connectivity index (χ1v) is 17.7. The van der Waals surface area contributed by atoms with Gasteiger partial charge in [0.1, 0.15) is 11.6 Å². The Bertz CT molecular complexity index is 1480. The molecule has 0 spiro atoms. The monoisotopic (exact) mass is 646 g/mol. The van der Waals surface area contributed by atoms with Crippen LogP contribution >= 0.6 is 0 Å². The molecular formula is C40H50N6O2. The van der Waals surface area contributed by atoms with Gasteiger partial charge in [-0.2, -0.15) is 20.4 Å². The summed E-state index contributed by atoms with van der Waals surface area (Å²) in [6, 6.07) is 24.6. The van der Waals surface area contributed by atoms with Crippen molar-refractivity contribution in [2.24, 2.45) is 0 Å². The Labute approximate surface area is 286 Å². The van der Waals surface area contributed by atoms with E-state index in [0.717, 1.165) is 74.4 Å². The van der Waals surface area contributed by atoms with Gasteiger partial charge in [0.25, 0.3) is 0 Å². The van der Waals surface area contributed by atoms with Gasteiger partial charge in [-0.3, -0.25) is 9.59 Å². The summed E-state index contributed by atoms with van der Waals surface area (Å²) in [5.74, 6) is 0.861. The van der Waals surface area contributed by atoms with Gasteiger partial charge in [-0.05, 0) is 107 Å². The zero-order valence-corrected chi connectivity index (χ0v) is 29.1. The zero-order chi connectivity index (χ0) is 33.9. The van der Waals surface area contributed by atoms with E-state index in [2.05, 4.69) is 82.2 Å². The van der Waals surface area contributed by atoms with Crippen molar-refractivity contribution in [2.75, 3.05) is 36.0 Å². The van der Waals surface area contributed by atoms with Crippen molar-refractivity contribution in [1.82, 2.24) is 20.4 Å². The van der Waals surface area contributed by atoms with E-state index in [1.807, 2.05) is 48.5 Å². The van der Waals surface area contributed by atoms with E-state index >= 15 is 0 Å². The minimum atomic E-state index is 0.138. The third-order valence-electron chi connectivity index (χ3n) is 9.68. The summed E-state index contributed by atoms with van der Waals surface area (Å²) < 4.78 is 0. The molecule has 252 valence electrons. The van der Waals surface area contributed by atoms with Gasteiger partial charge in [0.15, 0.2) is 0 Å². The molecule has 2 atom stereocenters. The Morgan fingerprint density at radius 3 is 1.27 bits per heavy atom. The van der Waals surface area contributed by atoms with Crippen LogP contribution in [0.1, 0.15) is 99.1 Å². The molecule has 48 heavy (non-hydrogen) atoms. The van der Waals surface area contributed by atoms with Gasteiger partial charge >= 0.3 is 0 Å². The van der Waals surface area contributed by atoms with Crippen molar-refractivity contribution in [3.63, 3.8) is 0 Å². The number of benzene rings is 2. The molecule has 8 nitrogen and oxygen atoms in total. The predicted octanol–water partition coefficient (Wildman–Crippen LogP) is 7.11. The lowest BCUT2D eigenvalue weighted by molar-refractivity contribution is -0.118. The zero-order valence-electron chi connectivity index (χ0n) is 29.1. The second-order valence-corrected chi connectivity index (χ2v) is 12.9. The van der Waals surface area contributed by atoms with Crippen molar-refractivity contribution in [1.29, 1.82) is 0 Å². The minimum absolute atomic E-state index is 0.138. The van der Waals surface area contributed by atoms with Crippen LogP contribution in [0.25, 0.3) is 0 Å². The normalized spacial score (nSPS) is 16.0. The highest BCUT2D eigenvalue weighted by atomic mass is 16.1. The van der Waals surface area contributed by atoms with Gasteiger partial charge in [0, 0.05) is 62.2 Å². The Hall–Kier alpha value is -4.46. The molecule has 0 bridgehead atoms. The summed E-state index contributed by atoms with van der Waals surface area (Å²) in [6.45, 7) is 12.4. The first kappa shape index (κ1) is 34.9. The summed E-state index contributed by atoms with van der Waals surface area (Å²) in [6.07, 6.45) is 5.49. The highest BCUT2D eigenvalue weighted by molar-refractivity contribution is 5.83. The average molecular weight is 647 g/mol. The molecule has 1 saturated carbocycles. The smallest absolute Gasteiger partial charge is 0.143 e. The van der Waals surface area contributed by atoms with Crippen molar-refractivity contribution in [3.05, 3.63) is 107 Å². The quantitative estimate of drug-likeness (QED) is 0.127. The largest absolute Gasteiger partial charge is 0.372 e. The van der Waals surface area contributed by atoms with Crippen molar-refractivity contribution < 1.29 is 9.59 Å². The number of hydrogen-bond acceptors (Lipinski definition) is 8. The fourth-order valence-corrected chi connectivity index (χ4v) is 6.90. The third kappa shape index (κ3) is 9.33. The first-order chi connectivity index (χ1) is 23.4. The summed E-state index contributed by atoms with van der Waals surface area (Å²) in [7, 11) is 0. The lowest BCUT2D eigenvalue weighted by Crippen LogP contribution is -2.21. The number of rotatable bonds is 16. The standard InChI is InChI=1S/C40H50N6O2/c1-5-45(6-2)35-18-12-29(13-19-35)24-37(47)27-33-16-22-39(43-41-33)31-10-9-11-32(26-31)40-23-17-34(42-44-40)28-38(48)25-30-14-20-36(21-15-30)46(7-3)8-4/h12-23,31-32H,5-11,24-28H2,1-4H3/t31-,32-/m0/s1. The van der Waals surface area contributed by atoms with E-state index in [-0.39, 0.29) is 24.4 Å². The molecule has 8 heteroatoms. The number of carbonyl (C=O) groups is 2. The average Bonchev–Trinajstić information content (AvgIpc) is 3.11. The molecule has 1 aliphatic carbocycles. The van der Waals surface area contributed by atoms with Crippen molar-refractivity contribution in [3.8, 4) is 0 Å². The summed E-state index contributed by atoms with van der Waals surface area (Å²) >= 11 is 0. The van der Waals surface area contributed by atoms with Crippen LogP contribution in [-0.2, 0) is 35.3 Å². The molecule has 0 radical (unpaired) electrons. The van der Waals surface area contributed by atoms with E-state index in [9.17, 15) is 9.59 Å². The summed E-state index contributed by atoms with van der Waals surface area (Å²) in [4.78, 5) is 30.2. The van der Waals surface area contributed by atoms with Gasteiger partial charge in [0.2, 0.25) is 0 Å². The predicted molar refractivity (Wildman–Crippen MR) is 193 cm³/mol. The molecule has 0 N–H and O–H groups in total. The highest BCUT2D eigenvalue weighted by Crippen LogP contribution is 2.39. The molecule has 0 unspecified atom stereocenters. The summed E-state index contributed by atoms with van der Waals surface area (Å²) in [5.41, 5.74) is 7.78. The molecule has 2 aromatic carbocycles. The number of carbonyl (C=O) groups excluding carboxylic acids is 2. The first-order valence-electron chi connectivity index (χ1n) is 17.7. The van der Waals surface area contributed by atoms with Crippen LogP contribution in [0.3, 0.4) is 0 Å². The highest BCUT2D eigenvalue weighted by Gasteiger charge is 2.27. The second kappa shape index (κ2) is 17.1. The van der Waals surface area contributed by atoms with Crippen LogP contribution in [0.2, 0.25) is 0 Å². The lowest BCUT2D eigenvalue weighted by atomic mass is 9.78. The van der Waals surface area contributed by atoms with Crippen LogP contribution in [0.4, 0.5) is 11.4 Å². The van der Waals surface area contributed by atoms with E-state index in [1.165, 1.54) is 11.4 Å². The molecule has 0 amide bonds. The van der Waals surface area contributed by atoms with Crippen LogP contribution in [0.5, 0.6) is 0 Å². The van der Waals surface area contributed by atoms with E-state index < -0.39 is 0 Å². The molecule has 0 saturated heterocycles. The maximum atomic E-state index is 12.8. The van der Waals surface area contributed by atoms with E-state index in [1.54, 1.807) is 0 Å². The molecule has 0 aliphatic heterocycles. The molecule has 1 fully saturated rings. The Morgan fingerprint density at radius 2 is 0.938 bits per heavy atom. The molecular weight excluding hydrogens is 596 g/mol. The van der Waals surface area contributed by atoms with Gasteiger partial charge < -0.3 is 9.80 Å². The maximum absolute atomic E-state index is 12.8. The van der Waals surface area contributed by atoms with Crippen molar-refractivity contribution >= 4 is 22.9 Å². The summed E-state index contributed by atoms with van der Waals surface area (Å²) in [5, 5.41) is 18.0. The van der Waals surface area contributed by atoms with Crippen LogP contribution < -0.4 is 9.80 Å². The second-order valence-electron chi connectivity index (χ2n) is 12.9. The van der Waals surface area contributed by atoms with Gasteiger partial charge in [-0.25, -0.2) is 0 Å². The van der Waals surface area contributed by atoms with Gasteiger partial charge in [-0.1, -0.05) is 30.7 Å². The number of nitrogens with zero attached hydrogens (tertiary/aromatic N) is 6. The van der Waals surface area contributed by atoms with Crippen LogP contribution in [0, 0.1) is 0 Å². The molecule has 1 aliphatic rings. The fraction of sp³-hybridized carbons (Fsp3) is 0.450. The SMILES string of the molecule is CCN(CC)c1ccc(CC(=O)Cc2ccc([C@H]3CCC[C@H](c4ccc(CC(=O)Cc5ccc(N(CC)CC)cc5)nn4)C3)nn2)cc1. The van der Waals surface area contributed by atoms with E-state index in [0.29, 0.717) is 36.1 Å². The number of aromatic nitrogens is 4. The Balaban J connectivity index is 1.10. The van der Waals surface area contributed by atoms with Crippen LogP contribution in [0.15, 0.2) is 72.8 Å². The topological polar surface area (TPSA) is 92.2 Å². The van der Waals surface area contributed by atoms with Crippen LogP contribution in [-0.4, -0.2) is 58.1 Å². The molecule has 2 aromatic heterocycles. The van der Waals surface area contributed by atoms with Crippen molar-refractivity contribution in [2.45, 2.75) is 90.9 Å². The van der Waals surface area contributed by atoms with Gasteiger partial charge in [-0.15, -0.1) is 0 Å². The molecule has 4 aromatic rings.